The molecule has 1 amide bonds. The van der Waals surface area contributed by atoms with Gasteiger partial charge in [0.15, 0.2) is 0 Å². The maximum Gasteiger partial charge on any atom is 0.252 e. The number of hydrogen-bond acceptors (Lipinski definition) is 4. The molecule has 1 aliphatic rings. The number of amides is 1. The third-order valence-corrected chi connectivity index (χ3v) is 6.82. The first-order valence-electron chi connectivity index (χ1n) is 5.42. The molecule has 1 fully saturated rings. The maximum absolute atomic E-state index is 12.3. The minimum atomic E-state index is -3.41. The molecule has 0 aliphatic carbocycles. The lowest BCUT2D eigenvalue weighted by Gasteiger charge is -2.33. The van der Waals surface area contributed by atoms with Gasteiger partial charge in [-0.3, -0.25) is 4.79 Å². The Morgan fingerprint density at radius 3 is 2.33 bits per heavy atom. The van der Waals surface area contributed by atoms with Crippen LogP contribution >= 0.6 is 27.3 Å². The second-order valence-electron chi connectivity index (χ2n) is 3.97. The zero-order chi connectivity index (χ0) is 13.3. The molecule has 1 aliphatic heterocycles. The molecule has 2 heterocycles. The fourth-order valence-corrected chi connectivity index (χ4v) is 5.39. The van der Waals surface area contributed by atoms with Crippen LogP contribution in [0.15, 0.2) is 20.1 Å². The van der Waals surface area contributed by atoms with Gasteiger partial charge in [0, 0.05) is 33.1 Å². The van der Waals surface area contributed by atoms with Crippen molar-refractivity contribution in [2.75, 3.05) is 26.2 Å². The molecule has 0 spiro atoms. The Morgan fingerprint density at radius 2 is 1.89 bits per heavy atom. The summed E-state index contributed by atoms with van der Waals surface area (Å²) in [5.41, 5.74) is 0. The minimum Gasteiger partial charge on any atom is -0.340 e. The second kappa shape index (κ2) is 5.28. The Morgan fingerprint density at radius 1 is 1.28 bits per heavy atom. The molecule has 0 atom stereocenters. The van der Waals surface area contributed by atoms with E-state index in [0.717, 1.165) is 3.79 Å². The summed E-state index contributed by atoms with van der Waals surface area (Å²) in [6, 6.07) is 3.32. The zero-order valence-electron chi connectivity index (χ0n) is 9.80. The first-order chi connectivity index (χ1) is 8.41. The van der Waals surface area contributed by atoms with Crippen molar-refractivity contribution in [1.82, 2.24) is 9.21 Å². The molecule has 8 heteroatoms. The molecule has 1 saturated heterocycles. The van der Waals surface area contributed by atoms with Crippen molar-refractivity contribution in [3.63, 3.8) is 0 Å². The largest absolute Gasteiger partial charge is 0.340 e. The van der Waals surface area contributed by atoms with Crippen LogP contribution in [0.5, 0.6) is 0 Å². The van der Waals surface area contributed by atoms with Crippen LogP contribution in [0.2, 0.25) is 0 Å². The second-order valence-corrected chi connectivity index (χ2v) is 8.60. The normalized spacial score (nSPS) is 18.0. The summed E-state index contributed by atoms with van der Waals surface area (Å²) >= 11 is 4.46. The van der Waals surface area contributed by atoms with E-state index in [1.165, 1.54) is 22.6 Å². The van der Waals surface area contributed by atoms with Crippen LogP contribution in [0.1, 0.15) is 6.92 Å². The summed E-state index contributed by atoms with van der Waals surface area (Å²) in [5.74, 6) is -0.00841. The van der Waals surface area contributed by atoms with E-state index in [0.29, 0.717) is 30.4 Å². The monoisotopic (exact) mass is 352 g/mol. The van der Waals surface area contributed by atoms with E-state index in [4.69, 9.17) is 0 Å². The van der Waals surface area contributed by atoms with Gasteiger partial charge in [-0.2, -0.15) is 4.31 Å². The minimum absolute atomic E-state index is 0.00841. The Bertz CT molecular complexity index is 547. The zero-order valence-corrected chi connectivity index (χ0v) is 13.0. The van der Waals surface area contributed by atoms with Crippen molar-refractivity contribution >= 4 is 43.2 Å². The van der Waals surface area contributed by atoms with E-state index < -0.39 is 10.0 Å². The molecule has 0 aromatic carbocycles. The standard InChI is InChI=1S/C10H13BrN2O3S2/c1-8(14)12-4-6-13(7-5-12)18(15,16)10-3-2-9(11)17-10/h2-3H,4-7H2,1H3. The molecule has 100 valence electrons. The van der Waals surface area contributed by atoms with E-state index >= 15 is 0 Å². The number of carbonyl (C=O) groups excluding carboxylic acids is 1. The molecule has 1 aromatic heterocycles. The molecular formula is C10H13BrN2O3S2. The molecule has 0 unspecified atom stereocenters. The number of hydrogen-bond donors (Lipinski definition) is 0. The Labute approximate surface area is 119 Å². The fraction of sp³-hybridized carbons (Fsp3) is 0.500. The van der Waals surface area contributed by atoms with Crippen LogP contribution in [0, 0.1) is 0 Å². The van der Waals surface area contributed by atoms with E-state index in [2.05, 4.69) is 15.9 Å². The number of nitrogens with zero attached hydrogens (tertiary/aromatic N) is 2. The van der Waals surface area contributed by atoms with Crippen molar-refractivity contribution < 1.29 is 13.2 Å². The summed E-state index contributed by atoms with van der Waals surface area (Å²) in [7, 11) is -3.41. The van der Waals surface area contributed by atoms with Gasteiger partial charge in [-0.25, -0.2) is 8.42 Å². The lowest BCUT2D eigenvalue weighted by atomic mass is 10.3. The van der Waals surface area contributed by atoms with E-state index in [1.54, 1.807) is 17.0 Å². The van der Waals surface area contributed by atoms with Gasteiger partial charge in [0.2, 0.25) is 5.91 Å². The maximum atomic E-state index is 12.3. The molecule has 0 saturated carbocycles. The molecule has 5 nitrogen and oxygen atoms in total. The van der Waals surface area contributed by atoms with Gasteiger partial charge in [-0.05, 0) is 28.1 Å². The lowest BCUT2D eigenvalue weighted by Crippen LogP contribution is -2.49. The molecule has 0 N–H and O–H groups in total. The van der Waals surface area contributed by atoms with Gasteiger partial charge in [0.25, 0.3) is 10.0 Å². The van der Waals surface area contributed by atoms with Gasteiger partial charge in [-0.1, -0.05) is 0 Å². The number of thiophene rings is 1. The van der Waals surface area contributed by atoms with Crippen molar-refractivity contribution in [1.29, 1.82) is 0 Å². The van der Waals surface area contributed by atoms with Gasteiger partial charge < -0.3 is 4.90 Å². The molecular weight excluding hydrogens is 340 g/mol. The summed E-state index contributed by atoms with van der Waals surface area (Å²) in [6.07, 6.45) is 0. The number of carbonyl (C=O) groups is 1. The third-order valence-electron chi connectivity index (χ3n) is 2.83. The van der Waals surface area contributed by atoms with Crippen molar-refractivity contribution in [2.24, 2.45) is 0 Å². The quantitative estimate of drug-likeness (QED) is 0.807. The fourth-order valence-electron chi connectivity index (χ4n) is 1.81. The van der Waals surface area contributed by atoms with Crippen LogP contribution in [-0.2, 0) is 14.8 Å². The van der Waals surface area contributed by atoms with Gasteiger partial charge in [-0.15, -0.1) is 11.3 Å². The number of sulfonamides is 1. The topological polar surface area (TPSA) is 57.7 Å². The third kappa shape index (κ3) is 2.76. The first-order valence-corrected chi connectivity index (χ1v) is 8.47. The van der Waals surface area contributed by atoms with Crippen LogP contribution in [0.3, 0.4) is 0 Å². The molecule has 0 radical (unpaired) electrons. The van der Waals surface area contributed by atoms with Gasteiger partial charge in [0.1, 0.15) is 4.21 Å². The molecule has 0 bridgehead atoms. The SMILES string of the molecule is CC(=O)N1CCN(S(=O)(=O)c2ccc(Br)s2)CC1. The van der Waals surface area contributed by atoms with Crippen LogP contribution in [-0.4, -0.2) is 49.7 Å². The highest BCUT2D eigenvalue weighted by molar-refractivity contribution is 9.11. The smallest absolute Gasteiger partial charge is 0.252 e. The molecule has 18 heavy (non-hydrogen) atoms. The van der Waals surface area contributed by atoms with Crippen LogP contribution < -0.4 is 0 Å². The van der Waals surface area contributed by atoms with Crippen molar-refractivity contribution in [3.8, 4) is 0 Å². The highest BCUT2D eigenvalue weighted by atomic mass is 79.9. The predicted octanol–water partition coefficient (Wildman–Crippen LogP) is 1.36. The average molecular weight is 353 g/mol. The molecule has 2 rings (SSSR count). The Balaban J connectivity index is 2.12. The number of rotatable bonds is 2. The summed E-state index contributed by atoms with van der Waals surface area (Å²) < 4.78 is 27.1. The number of halogens is 1. The summed E-state index contributed by atoms with van der Waals surface area (Å²) in [6.45, 7) is 3.14. The highest BCUT2D eigenvalue weighted by Gasteiger charge is 2.30. The first kappa shape index (κ1) is 14.0. The van der Waals surface area contributed by atoms with E-state index in [1.807, 2.05) is 0 Å². The van der Waals surface area contributed by atoms with Gasteiger partial charge >= 0.3 is 0 Å². The predicted molar refractivity (Wildman–Crippen MR) is 73.0 cm³/mol. The van der Waals surface area contributed by atoms with Crippen molar-refractivity contribution in [3.05, 3.63) is 15.9 Å². The average Bonchev–Trinajstić information content (AvgIpc) is 2.76. The Hall–Kier alpha value is -0.440. The van der Waals surface area contributed by atoms with Gasteiger partial charge in [0.05, 0.1) is 3.79 Å². The summed E-state index contributed by atoms with van der Waals surface area (Å²) in [4.78, 5) is 12.8. The Kier molecular flexibility index (Phi) is 4.10. The highest BCUT2D eigenvalue weighted by Crippen LogP contribution is 2.28. The van der Waals surface area contributed by atoms with E-state index in [9.17, 15) is 13.2 Å². The van der Waals surface area contributed by atoms with E-state index in [-0.39, 0.29) is 5.91 Å². The lowest BCUT2D eigenvalue weighted by molar-refractivity contribution is -0.129. The summed E-state index contributed by atoms with van der Waals surface area (Å²) in [5, 5.41) is 0. The molecule has 1 aromatic rings. The number of piperazine rings is 1. The van der Waals surface area contributed by atoms with Crippen LogP contribution in [0.4, 0.5) is 0 Å². The van der Waals surface area contributed by atoms with Crippen molar-refractivity contribution in [2.45, 2.75) is 11.1 Å². The van der Waals surface area contributed by atoms with Crippen LogP contribution in [0.25, 0.3) is 0 Å².